The summed E-state index contributed by atoms with van der Waals surface area (Å²) in [4.78, 5) is 0. The van der Waals surface area contributed by atoms with Gasteiger partial charge in [-0.2, -0.15) is 0 Å². The standard InChI is InChI=1S/C2H3Cl3.3ClH/c1-2(3,4)5;;;/h1H3;3*1H. The zero-order valence-corrected chi connectivity index (χ0v) is 8.58. The van der Waals surface area contributed by atoms with Crippen LogP contribution in [0.2, 0.25) is 0 Å². The maximum absolute atomic E-state index is 5.06. The van der Waals surface area contributed by atoms with E-state index in [1.54, 1.807) is 0 Å². The maximum Gasteiger partial charge on any atom is 0.187 e. The molecule has 0 aromatic rings. The van der Waals surface area contributed by atoms with Gasteiger partial charge in [0, 0.05) is 0 Å². The van der Waals surface area contributed by atoms with Gasteiger partial charge in [0.2, 0.25) is 0 Å². The topological polar surface area (TPSA) is 0 Å². The lowest BCUT2D eigenvalue weighted by Gasteiger charge is -1.94. The molecule has 0 saturated heterocycles. The lowest BCUT2D eigenvalue weighted by atomic mass is 10.9. The van der Waals surface area contributed by atoms with Gasteiger partial charge in [0.1, 0.15) is 0 Å². The summed E-state index contributed by atoms with van der Waals surface area (Å²) in [5, 5.41) is 0. The largest absolute Gasteiger partial charge is 0.187 e. The van der Waals surface area contributed by atoms with Gasteiger partial charge in [-0.15, -0.1) is 37.2 Å². The van der Waals surface area contributed by atoms with Crippen molar-refractivity contribution in [2.24, 2.45) is 0 Å². The fourth-order valence-corrected chi connectivity index (χ4v) is 0. The van der Waals surface area contributed by atoms with E-state index in [-0.39, 0.29) is 37.2 Å². The molecule has 56 valence electrons. The quantitative estimate of drug-likeness (QED) is 0.569. The third kappa shape index (κ3) is 116. The molecule has 0 bridgehead atoms. The van der Waals surface area contributed by atoms with E-state index >= 15 is 0 Å². The van der Waals surface area contributed by atoms with E-state index in [1.807, 2.05) is 0 Å². The number of alkyl halides is 3. The van der Waals surface area contributed by atoms with Crippen LogP contribution in [0.25, 0.3) is 0 Å². The SMILES string of the molecule is CC(Cl)(Cl)Cl.Cl.Cl.Cl. The molecule has 0 atom stereocenters. The Bertz CT molecular complexity index is 22.0. The second-order valence-corrected chi connectivity index (χ2v) is 3.63. The first-order valence-corrected chi connectivity index (χ1v) is 2.20. The van der Waals surface area contributed by atoms with Crippen molar-refractivity contribution in [1.82, 2.24) is 0 Å². The van der Waals surface area contributed by atoms with Gasteiger partial charge in [0.25, 0.3) is 0 Å². The van der Waals surface area contributed by atoms with Gasteiger partial charge in [0.15, 0.2) is 3.79 Å². The van der Waals surface area contributed by atoms with Crippen LogP contribution in [0.3, 0.4) is 0 Å². The zero-order chi connectivity index (χ0) is 4.50. The van der Waals surface area contributed by atoms with Crippen molar-refractivity contribution in [2.45, 2.75) is 10.7 Å². The molecule has 0 rings (SSSR count). The van der Waals surface area contributed by atoms with Crippen molar-refractivity contribution in [2.75, 3.05) is 0 Å². The molecule has 0 saturated carbocycles. The molecule has 0 radical (unpaired) electrons. The van der Waals surface area contributed by atoms with E-state index in [0.29, 0.717) is 0 Å². The van der Waals surface area contributed by atoms with Gasteiger partial charge in [-0.25, -0.2) is 0 Å². The highest BCUT2D eigenvalue weighted by molar-refractivity contribution is 6.67. The molecule has 0 heterocycles. The first-order valence-electron chi connectivity index (χ1n) is 1.07. The Morgan fingerprint density at radius 3 is 0.875 bits per heavy atom. The average Bonchev–Trinajstić information content (AvgIpc) is 0.722. The van der Waals surface area contributed by atoms with E-state index in [9.17, 15) is 0 Å². The van der Waals surface area contributed by atoms with Crippen molar-refractivity contribution in [3.8, 4) is 0 Å². The summed E-state index contributed by atoms with van der Waals surface area (Å²) in [7, 11) is 0. The minimum absolute atomic E-state index is 0. The molecule has 0 aromatic carbocycles. The Morgan fingerprint density at radius 1 is 0.875 bits per heavy atom. The van der Waals surface area contributed by atoms with Gasteiger partial charge in [-0.05, 0) is 6.92 Å². The molecule has 0 N–H and O–H groups in total. The summed E-state index contributed by atoms with van der Waals surface area (Å²) < 4.78 is -1.08. The van der Waals surface area contributed by atoms with Crippen LogP contribution in [0.15, 0.2) is 0 Å². The predicted molar refractivity (Wildman–Crippen MR) is 47.7 cm³/mol. The summed E-state index contributed by atoms with van der Waals surface area (Å²) in [6.45, 7) is 1.48. The van der Waals surface area contributed by atoms with Crippen molar-refractivity contribution < 1.29 is 0 Å². The molecule has 6 heteroatoms. The molecule has 0 nitrogen and oxygen atoms in total. The summed E-state index contributed by atoms with van der Waals surface area (Å²) in [5.74, 6) is 0. The Morgan fingerprint density at radius 2 is 0.875 bits per heavy atom. The lowest BCUT2D eigenvalue weighted by Crippen LogP contribution is -1.87. The molecular formula is C2H6Cl6. The average molecular weight is 243 g/mol. The molecule has 8 heavy (non-hydrogen) atoms. The van der Waals surface area contributed by atoms with Crippen molar-refractivity contribution in [3.05, 3.63) is 0 Å². The van der Waals surface area contributed by atoms with Crippen LogP contribution >= 0.6 is 72.0 Å². The summed E-state index contributed by atoms with van der Waals surface area (Å²) in [6.07, 6.45) is 0. The van der Waals surface area contributed by atoms with E-state index in [4.69, 9.17) is 34.8 Å². The van der Waals surface area contributed by atoms with Crippen LogP contribution in [0.4, 0.5) is 0 Å². The van der Waals surface area contributed by atoms with E-state index in [0.717, 1.165) is 0 Å². The van der Waals surface area contributed by atoms with Gasteiger partial charge in [-0.3, -0.25) is 0 Å². The van der Waals surface area contributed by atoms with Crippen LogP contribution in [0.5, 0.6) is 0 Å². The van der Waals surface area contributed by atoms with Crippen LogP contribution in [-0.4, -0.2) is 3.79 Å². The molecule has 0 fully saturated rings. The predicted octanol–water partition coefficient (Wildman–Crippen LogP) is 3.64. The van der Waals surface area contributed by atoms with Gasteiger partial charge in [-0.1, -0.05) is 34.8 Å². The Hall–Kier alpha value is 1.74. The van der Waals surface area contributed by atoms with Crippen LogP contribution in [0, 0.1) is 0 Å². The fourth-order valence-electron chi connectivity index (χ4n) is 0. The number of hydrogen-bond donors (Lipinski definition) is 0. The highest BCUT2D eigenvalue weighted by Gasteiger charge is 2.07. The number of rotatable bonds is 0. The normalized spacial score (nSPS) is 7.50. The first kappa shape index (κ1) is 22.6. The molecule has 0 aliphatic rings. The van der Waals surface area contributed by atoms with Gasteiger partial charge < -0.3 is 0 Å². The Balaban J connectivity index is -0.0000000267. The number of halogens is 6. The third-order valence-corrected chi connectivity index (χ3v) is 0. The Kier molecular flexibility index (Phi) is 24.7. The Labute approximate surface area is 82.5 Å². The van der Waals surface area contributed by atoms with Crippen LogP contribution in [-0.2, 0) is 0 Å². The lowest BCUT2D eigenvalue weighted by molar-refractivity contribution is 1.27. The molecule has 0 aliphatic heterocycles. The van der Waals surface area contributed by atoms with E-state index in [1.165, 1.54) is 6.92 Å². The van der Waals surface area contributed by atoms with Gasteiger partial charge in [0.05, 0.1) is 0 Å². The van der Waals surface area contributed by atoms with E-state index < -0.39 is 3.79 Å². The first-order chi connectivity index (χ1) is 2.00. The number of hydrogen-bond acceptors (Lipinski definition) is 0. The minimum atomic E-state index is -1.08. The van der Waals surface area contributed by atoms with Crippen LogP contribution < -0.4 is 0 Å². The van der Waals surface area contributed by atoms with E-state index in [2.05, 4.69) is 0 Å². The second-order valence-electron chi connectivity index (χ2n) is 0.781. The highest BCUT2D eigenvalue weighted by Crippen LogP contribution is 2.23. The monoisotopic (exact) mass is 240 g/mol. The second kappa shape index (κ2) is 8.74. The molecule has 0 spiro atoms. The van der Waals surface area contributed by atoms with Crippen LogP contribution in [0.1, 0.15) is 6.92 Å². The minimum Gasteiger partial charge on any atom is -0.147 e. The molecular weight excluding hydrogens is 237 g/mol. The molecule has 0 aliphatic carbocycles. The summed E-state index contributed by atoms with van der Waals surface area (Å²) in [5.41, 5.74) is 0. The fraction of sp³-hybridized carbons (Fsp3) is 1.00. The van der Waals surface area contributed by atoms with Crippen molar-refractivity contribution in [1.29, 1.82) is 0 Å². The summed E-state index contributed by atoms with van der Waals surface area (Å²) >= 11 is 15.2. The molecule has 0 aromatic heterocycles. The zero-order valence-electron chi connectivity index (χ0n) is 3.86. The molecule has 0 unspecified atom stereocenters. The van der Waals surface area contributed by atoms with Crippen molar-refractivity contribution in [3.63, 3.8) is 0 Å². The molecule has 0 amide bonds. The summed E-state index contributed by atoms with van der Waals surface area (Å²) in [6, 6.07) is 0. The smallest absolute Gasteiger partial charge is 0.147 e. The van der Waals surface area contributed by atoms with Crippen molar-refractivity contribution >= 4 is 72.0 Å². The highest BCUT2D eigenvalue weighted by atomic mass is 35.6. The van der Waals surface area contributed by atoms with Gasteiger partial charge >= 0.3 is 0 Å². The maximum atomic E-state index is 5.06. The third-order valence-electron chi connectivity index (χ3n) is 0.